The number of anilines is 1. The van der Waals surface area contributed by atoms with Crippen LogP contribution in [-0.2, 0) is 22.7 Å². The van der Waals surface area contributed by atoms with Gasteiger partial charge in [0, 0.05) is 42.7 Å². The SMILES string of the molecule is Cc1cc(CN2CCOCC2)ccc1COc1ccc(C#N)cc1-c1csc(N2C3CCC2CC(C(=O)O)C3)n1. The molecule has 3 saturated heterocycles. The summed E-state index contributed by atoms with van der Waals surface area (Å²) in [6, 6.07) is 14.7. The Balaban J connectivity index is 1.18. The molecule has 40 heavy (non-hydrogen) atoms. The third kappa shape index (κ3) is 5.57. The molecule has 2 aromatic carbocycles. The van der Waals surface area contributed by atoms with E-state index in [2.05, 4.69) is 41.0 Å². The van der Waals surface area contributed by atoms with Crippen LogP contribution < -0.4 is 9.64 Å². The molecule has 2 bridgehead atoms. The summed E-state index contributed by atoms with van der Waals surface area (Å²) in [5.41, 5.74) is 5.75. The number of rotatable bonds is 8. The summed E-state index contributed by atoms with van der Waals surface area (Å²) in [5.74, 6) is -0.258. The largest absolute Gasteiger partial charge is 0.488 e. The second-order valence-corrected chi connectivity index (χ2v) is 11.9. The second-order valence-electron chi connectivity index (χ2n) is 11.1. The lowest BCUT2D eigenvalue weighted by molar-refractivity contribution is -0.142. The van der Waals surface area contributed by atoms with E-state index in [0.717, 1.165) is 67.6 Å². The van der Waals surface area contributed by atoms with Gasteiger partial charge in [-0.2, -0.15) is 5.26 Å². The number of thiazole rings is 1. The number of piperidine rings is 1. The minimum Gasteiger partial charge on any atom is -0.488 e. The number of hydrogen-bond donors (Lipinski definition) is 1. The molecular weight excluding hydrogens is 524 g/mol. The van der Waals surface area contributed by atoms with Gasteiger partial charge in [-0.25, -0.2) is 4.98 Å². The van der Waals surface area contributed by atoms with E-state index in [4.69, 9.17) is 14.5 Å². The number of nitrogens with zero attached hydrogens (tertiary/aromatic N) is 4. The molecule has 0 spiro atoms. The number of carboxylic acids is 1. The van der Waals surface area contributed by atoms with Crippen molar-refractivity contribution < 1.29 is 19.4 Å². The van der Waals surface area contributed by atoms with E-state index >= 15 is 0 Å². The molecule has 6 rings (SSSR count). The second kappa shape index (κ2) is 11.6. The lowest BCUT2D eigenvalue weighted by Crippen LogP contribution is -2.44. The van der Waals surface area contributed by atoms with Gasteiger partial charge in [-0.3, -0.25) is 9.69 Å². The van der Waals surface area contributed by atoms with E-state index in [0.29, 0.717) is 30.8 Å². The maximum Gasteiger partial charge on any atom is 0.306 e. The molecule has 2 atom stereocenters. The van der Waals surface area contributed by atoms with Crippen molar-refractivity contribution in [1.82, 2.24) is 9.88 Å². The Morgan fingerprint density at radius 1 is 1.18 bits per heavy atom. The molecule has 0 saturated carbocycles. The Morgan fingerprint density at radius 2 is 1.95 bits per heavy atom. The van der Waals surface area contributed by atoms with Crippen molar-refractivity contribution in [1.29, 1.82) is 5.26 Å². The first kappa shape index (κ1) is 26.8. The number of hydrogen-bond acceptors (Lipinski definition) is 8. The zero-order chi connectivity index (χ0) is 27.6. The number of ether oxygens (including phenoxy) is 2. The molecule has 0 aliphatic carbocycles. The predicted molar refractivity (Wildman–Crippen MR) is 154 cm³/mol. The third-order valence-electron chi connectivity index (χ3n) is 8.48. The molecule has 4 heterocycles. The van der Waals surface area contributed by atoms with Gasteiger partial charge in [-0.05, 0) is 67.5 Å². The Bertz CT molecular complexity index is 1410. The summed E-state index contributed by atoms with van der Waals surface area (Å²) in [6.07, 6.45) is 3.35. The maximum absolute atomic E-state index is 11.6. The van der Waals surface area contributed by atoms with Crippen LogP contribution in [-0.4, -0.2) is 59.3 Å². The van der Waals surface area contributed by atoms with E-state index < -0.39 is 5.97 Å². The summed E-state index contributed by atoms with van der Waals surface area (Å²) in [4.78, 5) is 21.3. The molecule has 9 heteroatoms. The van der Waals surface area contributed by atoms with Crippen LogP contribution >= 0.6 is 11.3 Å². The number of nitriles is 1. The van der Waals surface area contributed by atoms with Crippen LogP contribution in [0.3, 0.4) is 0 Å². The van der Waals surface area contributed by atoms with Gasteiger partial charge in [-0.1, -0.05) is 18.2 Å². The first-order valence-corrected chi connectivity index (χ1v) is 14.9. The Hall–Kier alpha value is -3.45. The van der Waals surface area contributed by atoms with Gasteiger partial charge in [0.25, 0.3) is 0 Å². The fourth-order valence-electron chi connectivity index (χ4n) is 6.31. The van der Waals surface area contributed by atoms with Gasteiger partial charge in [0.2, 0.25) is 0 Å². The number of aromatic nitrogens is 1. The highest BCUT2D eigenvalue weighted by Gasteiger charge is 2.44. The molecule has 3 aliphatic heterocycles. The van der Waals surface area contributed by atoms with Crippen LogP contribution in [0.1, 0.15) is 47.9 Å². The normalized spacial score (nSPS) is 22.7. The van der Waals surface area contributed by atoms with Gasteiger partial charge in [0.15, 0.2) is 5.13 Å². The van der Waals surface area contributed by atoms with Gasteiger partial charge in [0.05, 0.1) is 36.5 Å². The average molecular weight is 559 g/mol. The average Bonchev–Trinajstić information content (AvgIpc) is 3.54. The first-order chi connectivity index (χ1) is 19.5. The molecule has 3 aromatic rings. The van der Waals surface area contributed by atoms with Crippen LogP contribution in [0.2, 0.25) is 0 Å². The van der Waals surface area contributed by atoms with Crippen molar-refractivity contribution in [2.75, 3.05) is 31.2 Å². The van der Waals surface area contributed by atoms with Crippen LogP contribution in [0.4, 0.5) is 5.13 Å². The quantitative estimate of drug-likeness (QED) is 0.401. The number of carboxylic acid groups (broad SMARTS) is 1. The van der Waals surface area contributed by atoms with Crippen molar-refractivity contribution in [3.8, 4) is 23.1 Å². The van der Waals surface area contributed by atoms with Crippen molar-refractivity contribution in [3.63, 3.8) is 0 Å². The molecule has 1 N–H and O–H groups in total. The van der Waals surface area contributed by atoms with E-state index in [1.807, 2.05) is 17.5 Å². The zero-order valence-electron chi connectivity index (χ0n) is 22.7. The molecule has 208 valence electrons. The molecule has 0 radical (unpaired) electrons. The number of morpholine rings is 1. The maximum atomic E-state index is 11.6. The van der Waals surface area contributed by atoms with E-state index in [1.54, 1.807) is 17.4 Å². The number of fused-ring (bicyclic) bond motifs is 2. The van der Waals surface area contributed by atoms with E-state index in [1.165, 1.54) is 11.1 Å². The highest BCUT2D eigenvalue weighted by molar-refractivity contribution is 7.14. The first-order valence-electron chi connectivity index (χ1n) is 14.0. The number of carbonyl (C=O) groups is 1. The van der Waals surface area contributed by atoms with Crippen molar-refractivity contribution >= 4 is 22.4 Å². The molecule has 1 aromatic heterocycles. The van der Waals surface area contributed by atoms with Crippen LogP contribution in [0.25, 0.3) is 11.3 Å². The minimum atomic E-state index is -0.687. The summed E-state index contributed by atoms with van der Waals surface area (Å²) in [7, 11) is 0. The van der Waals surface area contributed by atoms with Gasteiger partial charge < -0.3 is 19.5 Å². The number of aliphatic carboxylic acids is 1. The fourth-order valence-corrected chi connectivity index (χ4v) is 7.28. The predicted octanol–water partition coefficient (Wildman–Crippen LogP) is 5.23. The van der Waals surface area contributed by atoms with Crippen molar-refractivity contribution in [3.05, 3.63) is 64.0 Å². The molecule has 3 aliphatic rings. The fraction of sp³-hybridized carbons (Fsp3) is 0.452. The molecule has 0 amide bonds. The summed E-state index contributed by atoms with van der Waals surface area (Å²) < 4.78 is 11.8. The third-order valence-corrected chi connectivity index (χ3v) is 9.33. The Morgan fingerprint density at radius 3 is 2.65 bits per heavy atom. The number of benzene rings is 2. The van der Waals surface area contributed by atoms with Crippen LogP contribution in [0.5, 0.6) is 5.75 Å². The van der Waals surface area contributed by atoms with Gasteiger partial charge in [-0.15, -0.1) is 11.3 Å². The standard InChI is InChI=1S/C31H34N4O4S/c1-20-12-22(17-34-8-10-38-11-9-34)2-4-23(20)18-39-29-7-3-21(16-32)13-27(29)28-19-40-31(33-28)35-25-5-6-26(35)15-24(14-25)30(36)37/h2-4,7,12-13,19,24-26H,5-6,8-11,14-15,17-18H2,1H3,(H,36,37). The zero-order valence-corrected chi connectivity index (χ0v) is 23.5. The molecule has 3 fully saturated rings. The van der Waals surface area contributed by atoms with Crippen molar-refractivity contribution in [2.24, 2.45) is 5.92 Å². The number of aryl methyl sites for hydroxylation is 1. The molecule has 2 unspecified atom stereocenters. The van der Waals surface area contributed by atoms with E-state index in [9.17, 15) is 15.2 Å². The lowest BCUT2D eigenvalue weighted by Gasteiger charge is -2.37. The lowest BCUT2D eigenvalue weighted by atomic mass is 9.91. The smallest absolute Gasteiger partial charge is 0.306 e. The molecule has 8 nitrogen and oxygen atoms in total. The topological polar surface area (TPSA) is 98.9 Å². The highest BCUT2D eigenvalue weighted by atomic mass is 32.1. The Labute approximate surface area is 238 Å². The van der Waals surface area contributed by atoms with Crippen LogP contribution in [0.15, 0.2) is 41.8 Å². The monoisotopic (exact) mass is 558 g/mol. The summed E-state index contributed by atoms with van der Waals surface area (Å²) >= 11 is 1.58. The van der Waals surface area contributed by atoms with Gasteiger partial charge >= 0.3 is 5.97 Å². The molecular formula is C31H34N4O4S. The highest BCUT2D eigenvalue weighted by Crippen LogP contribution is 2.44. The Kier molecular flexibility index (Phi) is 7.74. The summed E-state index contributed by atoms with van der Waals surface area (Å²) in [6.45, 7) is 6.98. The van der Waals surface area contributed by atoms with Gasteiger partial charge in [0.1, 0.15) is 12.4 Å². The van der Waals surface area contributed by atoms with E-state index in [-0.39, 0.29) is 18.0 Å². The minimum absolute atomic E-state index is 0.217. The van der Waals surface area contributed by atoms with Crippen molar-refractivity contribution in [2.45, 2.75) is 57.8 Å². The summed E-state index contributed by atoms with van der Waals surface area (Å²) in [5, 5.41) is 22.1. The van der Waals surface area contributed by atoms with Crippen LogP contribution in [0, 0.1) is 24.2 Å².